The summed E-state index contributed by atoms with van der Waals surface area (Å²) in [6.07, 6.45) is 4.11. The van der Waals surface area contributed by atoms with E-state index in [1.165, 1.54) is 11.1 Å². The van der Waals surface area contributed by atoms with Gasteiger partial charge in [0.1, 0.15) is 5.75 Å². The summed E-state index contributed by atoms with van der Waals surface area (Å²) < 4.78 is 5.59. The van der Waals surface area contributed by atoms with E-state index in [1.54, 1.807) is 18.2 Å². The van der Waals surface area contributed by atoms with Gasteiger partial charge in [0.15, 0.2) is 0 Å². The number of rotatable bonds is 5. The fourth-order valence-electron chi connectivity index (χ4n) is 2.92. The minimum atomic E-state index is -0.715. The average molecular weight is 338 g/mol. The number of ether oxygens (including phenoxy) is 1. The Morgan fingerprint density at radius 1 is 1.00 bits per heavy atom. The highest BCUT2D eigenvalue weighted by Gasteiger charge is 2.17. The van der Waals surface area contributed by atoms with Crippen LogP contribution in [0.25, 0.3) is 0 Å². The van der Waals surface area contributed by atoms with Gasteiger partial charge in [-0.15, -0.1) is 0 Å². The number of aryl methyl sites for hydroxylation is 2. The van der Waals surface area contributed by atoms with E-state index in [0.717, 1.165) is 25.7 Å². The van der Waals surface area contributed by atoms with Crippen LogP contribution in [0, 0.1) is 0 Å². The maximum absolute atomic E-state index is 12.2. The number of carbonyl (C=O) groups excluding carboxylic acids is 2. The van der Waals surface area contributed by atoms with E-state index in [2.05, 4.69) is 10.6 Å². The molecule has 0 radical (unpaired) electrons. The molecule has 0 unspecified atom stereocenters. The lowest BCUT2D eigenvalue weighted by atomic mass is 10.1. The van der Waals surface area contributed by atoms with Gasteiger partial charge in [0.05, 0.1) is 12.3 Å². The van der Waals surface area contributed by atoms with Crippen LogP contribution >= 0.6 is 0 Å². The molecule has 5 heteroatoms. The monoisotopic (exact) mass is 338 g/mol. The second-order valence-electron chi connectivity index (χ2n) is 6.09. The van der Waals surface area contributed by atoms with Crippen LogP contribution in [0.1, 0.15) is 30.9 Å². The first-order valence-electron chi connectivity index (χ1n) is 8.63. The Morgan fingerprint density at radius 2 is 1.76 bits per heavy atom. The quantitative estimate of drug-likeness (QED) is 0.820. The summed E-state index contributed by atoms with van der Waals surface area (Å²) in [6, 6.07) is 12.9. The summed E-state index contributed by atoms with van der Waals surface area (Å²) >= 11 is 0. The first kappa shape index (κ1) is 17.0. The van der Waals surface area contributed by atoms with Crippen LogP contribution in [0.2, 0.25) is 0 Å². The van der Waals surface area contributed by atoms with E-state index in [-0.39, 0.29) is 0 Å². The maximum atomic E-state index is 12.2. The van der Waals surface area contributed by atoms with Crippen LogP contribution in [0.4, 0.5) is 11.4 Å². The number of benzene rings is 2. The highest BCUT2D eigenvalue weighted by atomic mass is 16.5. The minimum absolute atomic E-state index is 0.491. The van der Waals surface area contributed by atoms with Crippen molar-refractivity contribution in [3.8, 4) is 5.75 Å². The standard InChI is InChI=1S/C20H22N2O3/c1-2-12-25-18-9-4-3-8-17(18)22-20(24)19(23)21-16-11-10-14-6-5-7-15(14)13-16/h3-4,8-11,13H,2,5-7,12H2,1H3,(H,21,23)(H,22,24). The molecule has 2 N–H and O–H groups in total. The smallest absolute Gasteiger partial charge is 0.314 e. The van der Waals surface area contributed by atoms with E-state index in [1.807, 2.05) is 31.2 Å². The van der Waals surface area contributed by atoms with E-state index >= 15 is 0 Å². The van der Waals surface area contributed by atoms with Crippen LogP contribution in [0.5, 0.6) is 5.75 Å². The molecule has 1 aliphatic carbocycles. The van der Waals surface area contributed by atoms with Gasteiger partial charge in [-0.3, -0.25) is 9.59 Å². The molecule has 0 spiro atoms. The zero-order chi connectivity index (χ0) is 17.6. The Hall–Kier alpha value is -2.82. The highest BCUT2D eigenvalue weighted by Crippen LogP contribution is 2.26. The highest BCUT2D eigenvalue weighted by molar-refractivity contribution is 6.43. The van der Waals surface area contributed by atoms with Gasteiger partial charge in [0, 0.05) is 5.69 Å². The molecule has 25 heavy (non-hydrogen) atoms. The molecule has 0 aromatic heterocycles. The van der Waals surface area contributed by atoms with E-state index < -0.39 is 11.8 Å². The molecule has 5 nitrogen and oxygen atoms in total. The first-order valence-corrected chi connectivity index (χ1v) is 8.63. The lowest BCUT2D eigenvalue weighted by Crippen LogP contribution is -2.29. The number of fused-ring (bicyclic) bond motifs is 1. The molecule has 0 saturated heterocycles. The van der Waals surface area contributed by atoms with Gasteiger partial charge in [-0.1, -0.05) is 25.1 Å². The third-order valence-corrected chi connectivity index (χ3v) is 4.16. The predicted octanol–water partition coefficient (Wildman–Crippen LogP) is 3.54. The summed E-state index contributed by atoms with van der Waals surface area (Å²) in [5.74, 6) is -0.848. The number of amides is 2. The Balaban J connectivity index is 1.64. The molecule has 130 valence electrons. The molecule has 2 amide bonds. The van der Waals surface area contributed by atoms with Crippen molar-refractivity contribution in [2.24, 2.45) is 0 Å². The van der Waals surface area contributed by atoms with Crippen molar-refractivity contribution >= 4 is 23.2 Å². The third-order valence-electron chi connectivity index (χ3n) is 4.16. The molecule has 0 saturated carbocycles. The second-order valence-corrected chi connectivity index (χ2v) is 6.09. The van der Waals surface area contributed by atoms with Crippen molar-refractivity contribution in [2.45, 2.75) is 32.6 Å². The van der Waals surface area contributed by atoms with Crippen LogP contribution in [-0.4, -0.2) is 18.4 Å². The predicted molar refractivity (Wildman–Crippen MR) is 98.0 cm³/mol. The molecule has 0 fully saturated rings. The molecular formula is C20H22N2O3. The summed E-state index contributed by atoms with van der Waals surface area (Å²) in [5.41, 5.74) is 3.71. The maximum Gasteiger partial charge on any atom is 0.314 e. The van der Waals surface area contributed by atoms with Crippen LogP contribution < -0.4 is 15.4 Å². The lowest BCUT2D eigenvalue weighted by molar-refractivity contribution is -0.133. The number of hydrogen-bond donors (Lipinski definition) is 2. The number of nitrogens with one attached hydrogen (secondary N) is 2. The van der Waals surface area contributed by atoms with Gasteiger partial charge in [0.2, 0.25) is 0 Å². The van der Waals surface area contributed by atoms with E-state index in [4.69, 9.17) is 4.74 Å². The first-order chi connectivity index (χ1) is 12.2. The Labute approximate surface area is 147 Å². The molecular weight excluding hydrogens is 316 g/mol. The number of anilines is 2. The van der Waals surface area contributed by atoms with Gasteiger partial charge in [0.25, 0.3) is 0 Å². The molecule has 0 heterocycles. The molecule has 1 aliphatic rings. The van der Waals surface area contributed by atoms with E-state index in [0.29, 0.717) is 23.7 Å². The lowest BCUT2D eigenvalue weighted by Gasteiger charge is -2.12. The van der Waals surface area contributed by atoms with Gasteiger partial charge >= 0.3 is 11.8 Å². The molecule has 2 aromatic rings. The summed E-state index contributed by atoms with van der Waals surface area (Å²) in [7, 11) is 0. The molecule has 2 aromatic carbocycles. The second kappa shape index (κ2) is 7.83. The van der Waals surface area contributed by atoms with Crippen LogP contribution in [0.15, 0.2) is 42.5 Å². The van der Waals surface area contributed by atoms with Gasteiger partial charge in [-0.2, -0.15) is 0 Å². The van der Waals surface area contributed by atoms with Crippen molar-refractivity contribution in [1.82, 2.24) is 0 Å². The molecule has 3 rings (SSSR count). The number of para-hydroxylation sites is 2. The van der Waals surface area contributed by atoms with Crippen molar-refractivity contribution in [3.63, 3.8) is 0 Å². The van der Waals surface area contributed by atoms with Gasteiger partial charge in [-0.25, -0.2) is 0 Å². The Morgan fingerprint density at radius 3 is 2.60 bits per heavy atom. The topological polar surface area (TPSA) is 67.4 Å². The van der Waals surface area contributed by atoms with Crippen LogP contribution in [-0.2, 0) is 22.4 Å². The van der Waals surface area contributed by atoms with E-state index in [9.17, 15) is 9.59 Å². The average Bonchev–Trinajstić information content (AvgIpc) is 3.08. The third kappa shape index (κ3) is 4.18. The minimum Gasteiger partial charge on any atom is -0.491 e. The Bertz CT molecular complexity index is 786. The fourth-order valence-corrected chi connectivity index (χ4v) is 2.92. The molecule has 0 atom stereocenters. The summed E-state index contributed by atoms with van der Waals surface area (Å²) in [4.78, 5) is 24.4. The van der Waals surface area contributed by atoms with Crippen molar-refractivity contribution < 1.29 is 14.3 Å². The molecule has 0 aliphatic heterocycles. The Kier molecular flexibility index (Phi) is 5.33. The van der Waals surface area contributed by atoms with Crippen LogP contribution in [0.3, 0.4) is 0 Å². The zero-order valence-electron chi connectivity index (χ0n) is 14.3. The SMILES string of the molecule is CCCOc1ccccc1NC(=O)C(=O)Nc1ccc2c(c1)CCC2. The van der Waals surface area contributed by atoms with Gasteiger partial charge in [-0.05, 0) is 61.1 Å². The molecule has 0 bridgehead atoms. The number of hydrogen-bond acceptors (Lipinski definition) is 3. The van der Waals surface area contributed by atoms with Crippen molar-refractivity contribution in [3.05, 3.63) is 53.6 Å². The zero-order valence-corrected chi connectivity index (χ0v) is 14.3. The van der Waals surface area contributed by atoms with Crippen molar-refractivity contribution in [1.29, 1.82) is 0 Å². The van der Waals surface area contributed by atoms with Gasteiger partial charge < -0.3 is 15.4 Å². The van der Waals surface area contributed by atoms with Crippen molar-refractivity contribution in [2.75, 3.05) is 17.2 Å². The summed E-state index contributed by atoms with van der Waals surface area (Å²) in [5, 5.41) is 5.28. The number of carbonyl (C=O) groups is 2. The largest absolute Gasteiger partial charge is 0.491 e. The fraction of sp³-hybridized carbons (Fsp3) is 0.300. The normalized spacial score (nSPS) is 12.4. The summed E-state index contributed by atoms with van der Waals surface area (Å²) in [6.45, 7) is 2.56.